The maximum Gasteiger partial charge on any atom is 0.319 e. The minimum atomic E-state index is -0.737. The van der Waals surface area contributed by atoms with E-state index in [2.05, 4.69) is 12.2 Å². The maximum atomic E-state index is 12.4. The van der Waals surface area contributed by atoms with E-state index in [-0.39, 0.29) is 5.91 Å². The minimum Gasteiger partial charge on any atom is -0.465 e. The Hall–Kier alpha value is -1.06. The van der Waals surface area contributed by atoms with Crippen molar-refractivity contribution in [2.45, 2.75) is 53.9 Å². The first kappa shape index (κ1) is 17.0. The van der Waals surface area contributed by atoms with Crippen molar-refractivity contribution < 1.29 is 14.3 Å². The molecule has 1 aliphatic carbocycles. The van der Waals surface area contributed by atoms with E-state index in [0.29, 0.717) is 25.0 Å². The number of rotatable bonds is 5. The Bertz CT molecular complexity index is 346. The van der Waals surface area contributed by atoms with Gasteiger partial charge in [0.25, 0.3) is 0 Å². The molecule has 0 aromatic carbocycles. The number of nitrogens with one attached hydrogen (secondary N) is 1. The predicted octanol–water partition coefficient (Wildman–Crippen LogP) is 2.76. The van der Waals surface area contributed by atoms with Crippen molar-refractivity contribution in [2.75, 3.05) is 13.2 Å². The van der Waals surface area contributed by atoms with Crippen LogP contribution in [0.1, 0.15) is 53.9 Å². The molecule has 0 radical (unpaired) electrons. The van der Waals surface area contributed by atoms with E-state index in [9.17, 15) is 9.59 Å². The number of esters is 1. The van der Waals surface area contributed by atoms with Crippen LogP contribution in [0.2, 0.25) is 0 Å². The van der Waals surface area contributed by atoms with Crippen LogP contribution in [0.4, 0.5) is 0 Å². The van der Waals surface area contributed by atoms with Gasteiger partial charge in [-0.25, -0.2) is 0 Å². The summed E-state index contributed by atoms with van der Waals surface area (Å²) in [7, 11) is 0. The Labute approximate surface area is 122 Å². The molecule has 0 saturated heterocycles. The standard InChI is InChI=1S/C16H29NO3/c1-6-20-15(19)13(16(3,4)5)14(18)17-10-12-9-7-8-11(12)2/h11-13H,6-10H2,1-5H3,(H,17,18). The fourth-order valence-corrected chi connectivity index (χ4v) is 2.94. The first-order chi connectivity index (χ1) is 9.27. The summed E-state index contributed by atoms with van der Waals surface area (Å²) in [4.78, 5) is 24.4. The molecule has 1 amide bonds. The van der Waals surface area contributed by atoms with Crippen molar-refractivity contribution in [1.29, 1.82) is 0 Å². The molecule has 4 heteroatoms. The van der Waals surface area contributed by atoms with Crippen LogP contribution in [-0.4, -0.2) is 25.0 Å². The zero-order chi connectivity index (χ0) is 15.3. The number of hydrogen-bond acceptors (Lipinski definition) is 3. The molecule has 0 bridgehead atoms. The van der Waals surface area contributed by atoms with E-state index in [1.807, 2.05) is 20.8 Å². The summed E-state index contributed by atoms with van der Waals surface area (Å²) in [6.07, 6.45) is 3.64. The second-order valence-corrected chi connectivity index (χ2v) is 6.96. The first-order valence-electron chi connectivity index (χ1n) is 7.71. The van der Waals surface area contributed by atoms with E-state index in [4.69, 9.17) is 4.74 Å². The number of hydrogen-bond donors (Lipinski definition) is 1. The monoisotopic (exact) mass is 283 g/mol. The molecule has 0 aromatic heterocycles. The molecule has 4 nitrogen and oxygen atoms in total. The maximum absolute atomic E-state index is 12.4. The van der Waals surface area contributed by atoms with Gasteiger partial charge in [-0.1, -0.05) is 40.5 Å². The molecule has 116 valence electrons. The van der Waals surface area contributed by atoms with Gasteiger partial charge in [0.2, 0.25) is 5.91 Å². The summed E-state index contributed by atoms with van der Waals surface area (Å²) in [6, 6.07) is 0. The fourth-order valence-electron chi connectivity index (χ4n) is 2.94. The zero-order valence-electron chi connectivity index (χ0n) is 13.5. The highest BCUT2D eigenvalue weighted by Crippen LogP contribution is 2.31. The lowest BCUT2D eigenvalue weighted by atomic mass is 9.80. The highest BCUT2D eigenvalue weighted by Gasteiger charge is 2.39. The third kappa shape index (κ3) is 4.50. The molecule has 0 heterocycles. The highest BCUT2D eigenvalue weighted by atomic mass is 16.5. The molecular weight excluding hydrogens is 254 g/mol. The van der Waals surface area contributed by atoms with Gasteiger partial charge in [-0.05, 0) is 30.6 Å². The van der Waals surface area contributed by atoms with Gasteiger partial charge >= 0.3 is 5.97 Å². The second kappa shape index (κ2) is 7.09. The Balaban J connectivity index is 2.61. The summed E-state index contributed by atoms with van der Waals surface area (Å²) in [5, 5.41) is 2.96. The summed E-state index contributed by atoms with van der Waals surface area (Å²) in [6.45, 7) is 10.7. The lowest BCUT2D eigenvalue weighted by Gasteiger charge is -2.28. The van der Waals surface area contributed by atoms with E-state index in [0.717, 1.165) is 0 Å². The van der Waals surface area contributed by atoms with Crippen LogP contribution in [0, 0.1) is 23.2 Å². The topological polar surface area (TPSA) is 55.4 Å². The molecule has 1 fully saturated rings. The molecule has 1 aliphatic rings. The number of ether oxygens (including phenoxy) is 1. The molecule has 20 heavy (non-hydrogen) atoms. The van der Waals surface area contributed by atoms with Crippen molar-refractivity contribution in [3.05, 3.63) is 0 Å². The second-order valence-electron chi connectivity index (χ2n) is 6.96. The van der Waals surface area contributed by atoms with Gasteiger partial charge in [0.1, 0.15) is 5.92 Å². The van der Waals surface area contributed by atoms with Crippen molar-refractivity contribution in [3.8, 4) is 0 Å². The third-order valence-electron chi connectivity index (χ3n) is 4.23. The van der Waals surface area contributed by atoms with Crippen molar-refractivity contribution in [3.63, 3.8) is 0 Å². The summed E-state index contributed by atoms with van der Waals surface area (Å²) in [5.74, 6) is -0.154. The van der Waals surface area contributed by atoms with Crippen LogP contribution in [0.3, 0.4) is 0 Å². The predicted molar refractivity (Wildman–Crippen MR) is 79.1 cm³/mol. The van der Waals surface area contributed by atoms with Gasteiger partial charge < -0.3 is 10.1 Å². The molecular formula is C16H29NO3. The molecule has 3 unspecified atom stereocenters. The smallest absolute Gasteiger partial charge is 0.319 e. The van der Waals surface area contributed by atoms with Crippen molar-refractivity contribution >= 4 is 11.9 Å². The number of carbonyl (C=O) groups excluding carboxylic acids is 2. The van der Waals surface area contributed by atoms with Gasteiger partial charge in [0.15, 0.2) is 0 Å². The van der Waals surface area contributed by atoms with Crippen LogP contribution >= 0.6 is 0 Å². The van der Waals surface area contributed by atoms with Gasteiger partial charge in [0.05, 0.1) is 6.61 Å². The summed E-state index contributed by atoms with van der Waals surface area (Å²) < 4.78 is 5.04. The van der Waals surface area contributed by atoms with Crippen molar-refractivity contribution in [2.24, 2.45) is 23.2 Å². The van der Waals surface area contributed by atoms with Crippen LogP contribution in [0.15, 0.2) is 0 Å². The Kier molecular flexibility index (Phi) is 6.03. The highest BCUT2D eigenvalue weighted by molar-refractivity contribution is 5.98. The summed E-state index contributed by atoms with van der Waals surface area (Å²) in [5.41, 5.74) is -0.433. The van der Waals surface area contributed by atoms with Crippen molar-refractivity contribution in [1.82, 2.24) is 5.32 Å². The van der Waals surface area contributed by atoms with Gasteiger partial charge in [-0.3, -0.25) is 9.59 Å². The molecule has 1 saturated carbocycles. The van der Waals surface area contributed by atoms with E-state index in [1.165, 1.54) is 19.3 Å². The Morgan fingerprint density at radius 1 is 1.30 bits per heavy atom. The van der Waals surface area contributed by atoms with E-state index < -0.39 is 17.3 Å². The SMILES string of the molecule is CCOC(=O)C(C(=O)NCC1CCCC1C)C(C)(C)C. The van der Waals surface area contributed by atoms with Gasteiger partial charge in [-0.2, -0.15) is 0 Å². The van der Waals surface area contributed by atoms with Crippen LogP contribution in [0.25, 0.3) is 0 Å². The average molecular weight is 283 g/mol. The van der Waals surface area contributed by atoms with Crippen LogP contribution in [0.5, 0.6) is 0 Å². The molecule has 1 N–H and O–H groups in total. The lowest BCUT2D eigenvalue weighted by molar-refractivity contribution is -0.156. The normalized spacial score (nSPS) is 24.2. The number of amides is 1. The average Bonchev–Trinajstić information content (AvgIpc) is 2.71. The first-order valence-corrected chi connectivity index (χ1v) is 7.71. The van der Waals surface area contributed by atoms with Crippen LogP contribution < -0.4 is 5.32 Å². The zero-order valence-corrected chi connectivity index (χ0v) is 13.5. The summed E-state index contributed by atoms with van der Waals surface area (Å²) >= 11 is 0. The Morgan fingerprint density at radius 2 is 1.95 bits per heavy atom. The molecule has 0 aromatic rings. The lowest BCUT2D eigenvalue weighted by Crippen LogP contribution is -2.45. The van der Waals surface area contributed by atoms with E-state index in [1.54, 1.807) is 6.92 Å². The third-order valence-corrected chi connectivity index (χ3v) is 4.23. The molecule has 3 atom stereocenters. The minimum absolute atomic E-state index is 0.199. The van der Waals surface area contributed by atoms with E-state index >= 15 is 0 Å². The molecule has 0 spiro atoms. The van der Waals surface area contributed by atoms with Crippen LogP contribution in [-0.2, 0) is 14.3 Å². The molecule has 1 rings (SSSR count). The van der Waals surface area contributed by atoms with Gasteiger partial charge in [-0.15, -0.1) is 0 Å². The molecule has 0 aliphatic heterocycles. The van der Waals surface area contributed by atoms with Gasteiger partial charge in [0, 0.05) is 6.54 Å². The fraction of sp³-hybridized carbons (Fsp3) is 0.875. The Morgan fingerprint density at radius 3 is 2.40 bits per heavy atom. The number of carbonyl (C=O) groups is 2. The quantitative estimate of drug-likeness (QED) is 0.623. The largest absolute Gasteiger partial charge is 0.465 e.